The summed E-state index contributed by atoms with van der Waals surface area (Å²) in [6.45, 7) is 7.80. The molecule has 1 saturated heterocycles. The van der Waals surface area contributed by atoms with Crippen molar-refractivity contribution >= 4 is 17.1 Å². The molecule has 4 rings (SSSR count). The number of aromatic amines is 1. The lowest BCUT2D eigenvalue weighted by atomic mass is 9.98. The highest BCUT2D eigenvalue weighted by molar-refractivity contribution is 5.76. The van der Waals surface area contributed by atoms with E-state index in [9.17, 15) is 4.79 Å². The van der Waals surface area contributed by atoms with Crippen molar-refractivity contribution in [2.75, 3.05) is 13.1 Å². The quantitative estimate of drug-likeness (QED) is 0.720. The summed E-state index contributed by atoms with van der Waals surface area (Å²) in [5.41, 5.74) is 3.07. The largest absolute Gasteiger partial charge is 0.340 e. The van der Waals surface area contributed by atoms with Gasteiger partial charge in [-0.05, 0) is 37.5 Å². The number of benzene rings is 1. The van der Waals surface area contributed by atoms with Gasteiger partial charge in [0, 0.05) is 19.0 Å². The first-order valence-corrected chi connectivity index (χ1v) is 9.81. The fourth-order valence-corrected chi connectivity index (χ4v) is 3.54. The number of amides is 2. The van der Waals surface area contributed by atoms with Crippen LogP contribution in [-0.4, -0.2) is 44.1 Å². The molecule has 28 heavy (non-hydrogen) atoms. The molecule has 2 N–H and O–H groups in total. The minimum absolute atomic E-state index is 0.0914. The normalized spacial score (nSPS) is 17.4. The van der Waals surface area contributed by atoms with Gasteiger partial charge in [0.15, 0.2) is 5.82 Å². The third-order valence-electron chi connectivity index (χ3n) is 5.13. The summed E-state index contributed by atoms with van der Waals surface area (Å²) < 4.78 is 5.43. The maximum Gasteiger partial charge on any atom is 0.317 e. The first-order valence-electron chi connectivity index (χ1n) is 9.81. The van der Waals surface area contributed by atoms with Gasteiger partial charge in [-0.2, -0.15) is 4.98 Å². The zero-order chi connectivity index (χ0) is 19.7. The van der Waals surface area contributed by atoms with E-state index in [1.807, 2.05) is 37.8 Å². The number of hydrogen-bond acceptors (Lipinski definition) is 5. The number of carbonyl (C=O) groups is 1. The highest BCUT2D eigenvalue weighted by atomic mass is 16.5. The van der Waals surface area contributed by atoms with E-state index >= 15 is 0 Å². The van der Waals surface area contributed by atoms with Crippen LogP contribution in [0.1, 0.15) is 61.6 Å². The third-order valence-corrected chi connectivity index (χ3v) is 5.13. The number of aromatic nitrogens is 4. The standard InChI is InChI=1S/C20H26N6O2/c1-12(2)18-24-19(28-25-18)14-5-4-8-26(11-14)20(27)21-10-17-22-15-7-6-13(3)9-16(15)23-17/h6-7,9,12,14H,4-5,8,10-11H2,1-3H3,(H,21,27)(H,22,23)/t14-/m0/s1. The number of rotatable bonds is 4. The molecule has 2 aromatic heterocycles. The van der Waals surface area contributed by atoms with Crippen molar-refractivity contribution in [3.05, 3.63) is 41.3 Å². The number of likely N-dealkylation sites (tertiary alicyclic amines) is 1. The molecule has 3 aromatic rings. The fourth-order valence-electron chi connectivity index (χ4n) is 3.54. The number of H-pyrrole nitrogens is 1. The monoisotopic (exact) mass is 382 g/mol. The number of nitrogens with one attached hydrogen (secondary N) is 2. The molecule has 1 aliphatic rings. The number of fused-ring (bicyclic) bond motifs is 1. The van der Waals surface area contributed by atoms with Crippen LogP contribution in [0.5, 0.6) is 0 Å². The molecule has 0 unspecified atom stereocenters. The van der Waals surface area contributed by atoms with Gasteiger partial charge in [0.05, 0.1) is 23.5 Å². The summed E-state index contributed by atoms with van der Waals surface area (Å²) in [5.74, 6) is 2.42. The van der Waals surface area contributed by atoms with Crippen LogP contribution in [0.2, 0.25) is 0 Å². The van der Waals surface area contributed by atoms with E-state index in [0.717, 1.165) is 42.1 Å². The number of carbonyl (C=O) groups excluding carboxylic acids is 1. The highest BCUT2D eigenvalue weighted by Crippen LogP contribution is 2.26. The van der Waals surface area contributed by atoms with Crippen molar-refractivity contribution in [2.45, 2.75) is 52.0 Å². The Morgan fingerprint density at radius 3 is 3.04 bits per heavy atom. The summed E-state index contributed by atoms with van der Waals surface area (Å²) in [6, 6.07) is 5.97. The van der Waals surface area contributed by atoms with Gasteiger partial charge in [0.25, 0.3) is 0 Å². The fraction of sp³-hybridized carbons (Fsp3) is 0.500. The molecule has 8 nitrogen and oxygen atoms in total. The maximum absolute atomic E-state index is 12.6. The predicted molar refractivity (Wildman–Crippen MR) is 105 cm³/mol. The van der Waals surface area contributed by atoms with Gasteiger partial charge in [-0.25, -0.2) is 9.78 Å². The molecule has 1 fully saturated rings. The Morgan fingerprint density at radius 2 is 2.25 bits per heavy atom. The molecule has 0 aliphatic carbocycles. The van der Waals surface area contributed by atoms with Gasteiger partial charge in [-0.15, -0.1) is 0 Å². The molecule has 1 aromatic carbocycles. The lowest BCUT2D eigenvalue weighted by Crippen LogP contribution is -2.44. The summed E-state index contributed by atoms with van der Waals surface area (Å²) in [6.07, 6.45) is 1.87. The molecule has 1 aliphatic heterocycles. The molecule has 8 heteroatoms. The Hall–Kier alpha value is -2.90. The van der Waals surface area contributed by atoms with Crippen molar-refractivity contribution in [3.8, 4) is 0 Å². The highest BCUT2D eigenvalue weighted by Gasteiger charge is 2.28. The molecule has 2 amide bonds. The number of nitrogens with zero attached hydrogens (tertiary/aromatic N) is 4. The smallest absolute Gasteiger partial charge is 0.317 e. The summed E-state index contributed by atoms with van der Waals surface area (Å²) in [5, 5.41) is 7.01. The average molecular weight is 382 g/mol. The lowest BCUT2D eigenvalue weighted by Gasteiger charge is -2.30. The van der Waals surface area contributed by atoms with E-state index in [1.54, 1.807) is 0 Å². The Balaban J connectivity index is 1.36. The maximum atomic E-state index is 12.6. The topological polar surface area (TPSA) is 99.9 Å². The minimum Gasteiger partial charge on any atom is -0.340 e. The zero-order valence-electron chi connectivity index (χ0n) is 16.5. The Morgan fingerprint density at radius 1 is 1.39 bits per heavy atom. The number of piperidine rings is 1. The summed E-state index contributed by atoms with van der Waals surface area (Å²) in [7, 11) is 0. The number of imidazole rings is 1. The molecule has 1 atom stereocenters. The van der Waals surface area contributed by atoms with E-state index in [-0.39, 0.29) is 17.9 Å². The number of urea groups is 1. The van der Waals surface area contributed by atoms with Crippen LogP contribution in [0.25, 0.3) is 11.0 Å². The van der Waals surface area contributed by atoms with Gasteiger partial charge in [0.1, 0.15) is 5.82 Å². The SMILES string of the molecule is Cc1ccc2nc(CNC(=O)N3CCC[C@H](c4nc(C(C)C)no4)C3)[nH]c2c1. The second-order valence-electron chi connectivity index (χ2n) is 7.79. The predicted octanol–water partition coefficient (Wildman–Crippen LogP) is 3.47. The molecular weight excluding hydrogens is 356 g/mol. The van der Waals surface area contributed by atoms with E-state index in [4.69, 9.17) is 4.52 Å². The van der Waals surface area contributed by atoms with Crippen LogP contribution < -0.4 is 5.32 Å². The van der Waals surface area contributed by atoms with Crippen LogP contribution in [-0.2, 0) is 6.54 Å². The van der Waals surface area contributed by atoms with Crippen LogP contribution >= 0.6 is 0 Å². The minimum atomic E-state index is -0.0927. The third kappa shape index (κ3) is 3.85. The molecule has 148 valence electrons. The van der Waals surface area contributed by atoms with Crippen molar-refractivity contribution in [2.24, 2.45) is 0 Å². The second-order valence-corrected chi connectivity index (χ2v) is 7.79. The number of aryl methyl sites for hydroxylation is 1. The molecule has 0 bridgehead atoms. The Kier molecular flexibility index (Phi) is 5.02. The van der Waals surface area contributed by atoms with Crippen LogP contribution in [0.3, 0.4) is 0 Å². The molecule has 3 heterocycles. The van der Waals surface area contributed by atoms with E-state index in [0.29, 0.717) is 19.0 Å². The van der Waals surface area contributed by atoms with Gasteiger partial charge >= 0.3 is 6.03 Å². The van der Waals surface area contributed by atoms with Crippen molar-refractivity contribution < 1.29 is 9.32 Å². The molecule has 0 saturated carbocycles. The molecule has 0 radical (unpaired) electrons. The lowest BCUT2D eigenvalue weighted by molar-refractivity contribution is 0.171. The van der Waals surface area contributed by atoms with Gasteiger partial charge in [-0.3, -0.25) is 0 Å². The summed E-state index contributed by atoms with van der Waals surface area (Å²) in [4.78, 5) is 26.8. The molecular formula is C20H26N6O2. The van der Waals surface area contributed by atoms with Gasteiger partial charge in [-0.1, -0.05) is 25.1 Å². The van der Waals surface area contributed by atoms with Crippen LogP contribution in [0.15, 0.2) is 22.7 Å². The van der Waals surface area contributed by atoms with Crippen LogP contribution in [0, 0.1) is 6.92 Å². The second kappa shape index (κ2) is 7.61. The van der Waals surface area contributed by atoms with E-state index < -0.39 is 0 Å². The Labute approximate surface area is 163 Å². The zero-order valence-corrected chi connectivity index (χ0v) is 16.5. The number of hydrogen-bond donors (Lipinski definition) is 2. The van der Waals surface area contributed by atoms with Crippen molar-refractivity contribution in [1.29, 1.82) is 0 Å². The van der Waals surface area contributed by atoms with Crippen molar-refractivity contribution in [3.63, 3.8) is 0 Å². The van der Waals surface area contributed by atoms with Gasteiger partial charge < -0.3 is 19.7 Å². The first-order chi connectivity index (χ1) is 13.5. The van der Waals surface area contributed by atoms with Gasteiger partial charge in [0.2, 0.25) is 5.89 Å². The molecule has 0 spiro atoms. The summed E-state index contributed by atoms with van der Waals surface area (Å²) >= 11 is 0. The van der Waals surface area contributed by atoms with Crippen molar-refractivity contribution in [1.82, 2.24) is 30.3 Å². The van der Waals surface area contributed by atoms with E-state index in [2.05, 4.69) is 31.5 Å². The van der Waals surface area contributed by atoms with E-state index in [1.165, 1.54) is 5.56 Å². The first kappa shape index (κ1) is 18.5. The average Bonchev–Trinajstić information content (AvgIpc) is 3.33. The van der Waals surface area contributed by atoms with Crippen LogP contribution in [0.4, 0.5) is 4.79 Å². The Bertz CT molecular complexity index is 976.